The summed E-state index contributed by atoms with van der Waals surface area (Å²) < 4.78 is 50.9. The van der Waals surface area contributed by atoms with Gasteiger partial charge in [0.05, 0.1) is 38.2 Å². The summed E-state index contributed by atoms with van der Waals surface area (Å²) in [7, 11) is -1.13. The van der Waals surface area contributed by atoms with E-state index in [1.54, 1.807) is 48.7 Å². The molecule has 0 saturated carbocycles. The Morgan fingerprint density at radius 2 is 1.76 bits per heavy atom. The SMILES string of the molecule is CC1=C(CC(=O)OC(COCCCCO[N+](=O)[O-])C(=O)Oc2ccc(P(=S)(S)N3CCOCC3)cc2)c2cc(F)ccc2C1=Cc1ccc(S(C)=O)cc1. The summed E-state index contributed by atoms with van der Waals surface area (Å²) >= 11 is 10.7. The van der Waals surface area contributed by atoms with Gasteiger partial charge in [-0.2, -0.15) is 0 Å². The molecule has 3 aromatic carbocycles. The van der Waals surface area contributed by atoms with Gasteiger partial charge in [0.1, 0.15) is 11.6 Å². The van der Waals surface area contributed by atoms with E-state index in [4.69, 9.17) is 43.0 Å². The number of rotatable bonds is 17. The molecule has 0 aromatic heterocycles. The molecule has 1 aliphatic carbocycles. The smallest absolute Gasteiger partial charge is 0.355 e. The van der Waals surface area contributed by atoms with Crippen molar-refractivity contribution in [2.24, 2.45) is 0 Å². The maximum atomic E-state index is 14.6. The molecule has 3 aromatic rings. The van der Waals surface area contributed by atoms with Crippen LogP contribution in [0.4, 0.5) is 4.39 Å². The van der Waals surface area contributed by atoms with Crippen LogP contribution in [0.1, 0.15) is 42.9 Å². The highest BCUT2D eigenvalue weighted by Crippen LogP contribution is 2.53. The number of esters is 2. The first kappa shape index (κ1) is 41.4. The molecule has 1 heterocycles. The van der Waals surface area contributed by atoms with Crippen LogP contribution in [-0.2, 0) is 51.2 Å². The average molecular weight is 819 g/mol. The number of thiol groups is 1. The Kier molecular flexibility index (Phi) is 14.7. The Labute approximate surface area is 325 Å². The highest BCUT2D eigenvalue weighted by atomic mass is 32.9. The van der Waals surface area contributed by atoms with Gasteiger partial charge in [-0.05, 0) is 108 Å². The van der Waals surface area contributed by atoms with E-state index >= 15 is 0 Å². The van der Waals surface area contributed by atoms with Crippen molar-refractivity contribution in [1.29, 1.82) is 0 Å². The molecule has 288 valence electrons. The summed E-state index contributed by atoms with van der Waals surface area (Å²) in [5.41, 5.74) is 4.11. The summed E-state index contributed by atoms with van der Waals surface area (Å²) in [5.74, 6) is -1.94. The Morgan fingerprint density at radius 3 is 2.43 bits per heavy atom. The fraction of sp³-hybridized carbons (Fsp3) is 0.351. The Balaban J connectivity index is 1.31. The number of unbranched alkanes of at least 4 members (excludes halogenated alkanes) is 1. The van der Waals surface area contributed by atoms with Crippen LogP contribution in [0.5, 0.6) is 5.75 Å². The Morgan fingerprint density at radius 1 is 1.07 bits per heavy atom. The molecule has 0 bridgehead atoms. The zero-order chi connectivity index (χ0) is 38.8. The standard InChI is InChI=1S/C37H40FN2O10PS3/c1-25-32(21-26-5-12-30(13-6-26)54(2)45)31-14-7-27(38)22-34(31)33(25)23-36(41)50-35(24-47-17-3-4-18-48-40(43)44)37(42)49-28-8-10-29(11-9-28)51(52,53)39-15-19-46-20-16-39/h5-14,21-22,35H,3-4,15-20,23-24H2,1-2H3,(H,52,53). The van der Waals surface area contributed by atoms with Gasteiger partial charge in [0.15, 0.2) is 0 Å². The first-order valence-electron chi connectivity index (χ1n) is 17.0. The van der Waals surface area contributed by atoms with Crippen molar-refractivity contribution in [3.8, 4) is 5.75 Å². The van der Waals surface area contributed by atoms with E-state index in [-0.39, 0.29) is 32.0 Å². The number of ether oxygens (including phenoxy) is 4. The van der Waals surface area contributed by atoms with E-state index in [0.717, 1.165) is 27.6 Å². The van der Waals surface area contributed by atoms with Gasteiger partial charge in [-0.1, -0.05) is 30.0 Å². The lowest BCUT2D eigenvalue weighted by Crippen LogP contribution is -2.35. The fourth-order valence-corrected chi connectivity index (χ4v) is 9.79. The van der Waals surface area contributed by atoms with Crippen LogP contribution in [0.25, 0.3) is 17.2 Å². The first-order chi connectivity index (χ1) is 25.8. The molecule has 2 aliphatic rings. The lowest BCUT2D eigenvalue weighted by Gasteiger charge is -2.34. The normalized spacial score (nSPS) is 17.4. The monoisotopic (exact) mass is 818 g/mol. The second kappa shape index (κ2) is 19.2. The topological polar surface area (TPSA) is 144 Å². The predicted octanol–water partition coefficient (Wildman–Crippen LogP) is 6.00. The van der Waals surface area contributed by atoms with Gasteiger partial charge < -0.3 is 23.8 Å². The van der Waals surface area contributed by atoms with Gasteiger partial charge >= 0.3 is 11.9 Å². The quantitative estimate of drug-likeness (QED) is 0.0325. The Hall–Kier alpha value is -3.76. The fourth-order valence-electron chi connectivity index (χ4n) is 5.91. The van der Waals surface area contributed by atoms with Gasteiger partial charge in [0.2, 0.25) is 6.10 Å². The molecular weight excluding hydrogens is 779 g/mol. The molecule has 3 atom stereocenters. The third-order valence-electron chi connectivity index (χ3n) is 8.75. The van der Waals surface area contributed by atoms with E-state index in [9.17, 15) is 28.3 Å². The number of morpholine rings is 1. The number of benzene rings is 3. The summed E-state index contributed by atoms with van der Waals surface area (Å²) in [5, 5.41) is 7.99. The summed E-state index contributed by atoms with van der Waals surface area (Å²) in [6.07, 6.45) is 2.47. The molecule has 0 spiro atoms. The van der Waals surface area contributed by atoms with E-state index in [1.165, 1.54) is 12.1 Å². The summed E-state index contributed by atoms with van der Waals surface area (Å²) in [4.78, 5) is 42.4. The lowest BCUT2D eigenvalue weighted by molar-refractivity contribution is -0.757. The zero-order valence-corrected chi connectivity index (χ0v) is 33.1. The highest BCUT2D eigenvalue weighted by Gasteiger charge is 2.31. The molecule has 17 heteroatoms. The maximum Gasteiger partial charge on any atom is 0.355 e. The van der Waals surface area contributed by atoms with Crippen LogP contribution in [0.15, 0.2) is 77.2 Å². The lowest BCUT2D eigenvalue weighted by atomic mass is 10.0. The molecule has 0 amide bonds. The van der Waals surface area contributed by atoms with Crippen LogP contribution in [0.3, 0.4) is 0 Å². The molecule has 3 unspecified atom stereocenters. The number of fused-ring (bicyclic) bond motifs is 1. The van der Waals surface area contributed by atoms with Crippen molar-refractivity contribution in [1.82, 2.24) is 4.67 Å². The van der Waals surface area contributed by atoms with E-state index in [2.05, 4.69) is 9.51 Å². The molecule has 5 rings (SSSR count). The summed E-state index contributed by atoms with van der Waals surface area (Å²) in [6, 6.07) is 18.3. The van der Waals surface area contributed by atoms with Gasteiger partial charge in [-0.25, -0.2) is 9.18 Å². The third kappa shape index (κ3) is 10.9. The number of halogens is 1. The molecule has 54 heavy (non-hydrogen) atoms. The Bertz CT molecular complexity index is 1990. The van der Waals surface area contributed by atoms with Crippen molar-refractivity contribution in [2.75, 3.05) is 52.4 Å². The van der Waals surface area contributed by atoms with Crippen molar-refractivity contribution < 1.29 is 47.1 Å². The van der Waals surface area contributed by atoms with Gasteiger partial charge in [-0.3, -0.25) is 13.7 Å². The first-order valence-corrected chi connectivity index (χ1v) is 22.5. The molecular formula is C37H40FN2O10PS3. The minimum Gasteiger partial charge on any atom is -0.448 e. The van der Waals surface area contributed by atoms with Crippen molar-refractivity contribution >= 4 is 74.7 Å². The molecule has 1 aliphatic heterocycles. The highest BCUT2D eigenvalue weighted by molar-refractivity contribution is 8.65. The second-order valence-corrected chi connectivity index (χ2v) is 20.1. The number of carbonyl (C=O) groups excluding carboxylic acids is 2. The minimum absolute atomic E-state index is 0.103. The van der Waals surface area contributed by atoms with Crippen LogP contribution in [0.2, 0.25) is 0 Å². The number of hydrogen-bond acceptors (Lipinski definition) is 11. The van der Waals surface area contributed by atoms with Gasteiger partial charge in [-0.15, -0.1) is 22.4 Å². The number of nitrogens with zero attached hydrogens (tertiary/aromatic N) is 2. The zero-order valence-electron chi connectivity index (χ0n) is 29.6. The van der Waals surface area contributed by atoms with Crippen LogP contribution in [0, 0.1) is 15.9 Å². The average Bonchev–Trinajstić information content (AvgIpc) is 3.39. The summed E-state index contributed by atoms with van der Waals surface area (Å²) in [6.45, 7) is 3.94. The second-order valence-electron chi connectivity index (χ2n) is 12.4. The molecule has 0 N–H and O–H groups in total. The molecule has 1 fully saturated rings. The number of carbonyl (C=O) groups is 2. The molecule has 0 radical (unpaired) electrons. The van der Waals surface area contributed by atoms with E-state index < -0.39 is 45.1 Å². The predicted molar refractivity (Wildman–Crippen MR) is 211 cm³/mol. The van der Waals surface area contributed by atoms with Crippen LogP contribution >= 0.6 is 17.6 Å². The van der Waals surface area contributed by atoms with Crippen molar-refractivity contribution in [3.63, 3.8) is 0 Å². The van der Waals surface area contributed by atoms with Crippen LogP contribution < -0.4 is 10.0 Å². The third-order valence-corrected chi connectivity index (χ3v) is 14.6. The largest absolute Gasteiger partial charge is 0.448 e. The maximum absolute atomic E-state index is 14.6. The van der Waals surface area contributed by atoms with Crippen molar-refractivity contribution in [2.45, 2.75) is 37.2 Å². The number of allylic oxidation sites excluding steroid dienone is 2. The van der Waals surface area contributed by atoms with E-state index in [1.807, 2.05) is 25.1 Å². The molecule has 12 nitrogen and oxygen atoms in total. The minimum atomic E-state index is -2.36. The van der Waals surface area contributed by atoms with E-state index in [0.29, 0.717) is 55.2 Å². The van der Waals surface area contributed by atoms with Crippen molar-refractivity contribution in [3.05, 3.63) is 105 Å². The van der Waals surface area contributed by atoms with Crippen LogP contribution in [-0.4, -0.2) is 84.4 Å². The molecule has 1 saturated heterocycles. The number of hydrogen-bond donors (Lipinski definition) is 1. The van der Waals surface area contributed by atoms with Gasteiger partial charge in [0.25, 0.3) is 5.09 Å². The van der Waals surface area contributed by atoms with Gasteiger partial charge in [0, 0.05) is 47.0 Å².